The smallest absolute Gasteiger partial charge is 0.129 e. The number of nitrogens with zero attached hydrogens (tertiary/aromatic N) is 1. The molecule has 0 aliphatic carbocycles. The molecule has 4 heteroatoms. The second-order valence-electron chi connectivity index (χ2n) is 5.95. The normalized spacial score (nSPS) is 14.0. The SMILES string of the molecule is C/C=c1/c2c([nH]/c1=C/C)-c1c(OCCN(C)C)cccc1SC2.CC. The molecule has 0 atom stereocenters. The summed E-state index contributed by atoms with van der Waals surface area (Å²) in [5.41, 5.74) is 3.83. The lowest BCUT2D eigenvalue weighted by Gasteiger charge is -2.20. The van der Waals surface area contributed by atoms with Crippen LogP contribution >= 0.6 is 11.8 Å². The van der Waals surface area contributed by atoms with Crippen LogP contribution in [0.4, 0.5) is 0 Å². The summed E-state index contributed by atoms with van der Waals surface area (Å²) in [4.78, 5) is 7.04. The molecule has 3 rings (SSSR count). The number of nitrogens with one attached hydrogen (secondary N) is 1. The molecule has 0 amide bonds. The van der Waals surface area contributed by atoms with E-state index in [1.165, 1.54) is 32.3 Å². The molecule has 1 aliphatic rings. The lowest BCUT2D eigenvalue weighted by atomic mass is 10.1. The molecule has 0 saturated heterocycles. The number of thioether (sulfide) groups is 1. The van der Waals surface area contributed by atoms with Crippen molar-refractivity contribution in [2.24, 2.45) is 0 Å². The van der Waals surface area contributed by atoms with Crippen molar-refractivity contribution in [1.29, 1.82) is 0 Å². The first kappa shape index (κ1) is 19.7. The molecule has 2 aromatic rings. The monoisotopic (exact) mass is 358 g/mol. The maximum Gasteiger partial charge on any atom is 0.129 e. The van der Waals surface area contributed by atoms with Crippen LogP contribution in [0.3, 0.4) is 0 Å². The van der Waals surface area contributed by atoms with Crippen molar-refractivity contribution in [2.45, 2.75) is 38.3 Å². The van der Waals surface area contributed by atoms with Crippen LogP contribution in [-0.4, -0.2) is 37.1 Å². The third-order valence-electron chi connectivity index (χ3n) is 4.16. The summed E-state index contributed by atoms with van der Waals surface area (Å²) in [5, 5.41) is 2.53. The number of H-pyrrole nitrogens is 1. The highest BCUT2D eigenvalue weighted by Gasteiger charge is 2.23. The highest BCUT2D eigenvalue weighted by molar-refractivity contribution is 7.98. The minimum atomic E-state index is 0.698. The van der Waals surface area contributed by atoms with Gasteiger partial charge in [0.15, 0.2) is 0 Å². The van der Waals surface area contributed by atoms with Gasteiger partial charge in [-0.05, 0) is 50.9 Å². The first-order valence-corrected chi connectivity index (χ1v) is 10.0. The van der Waals surface area contributed by atoms with Gasteiger partial charge in [-0.2, -0.15) is 0 Å². The molecule has 1 aromatic carbocycles. The first-order chi connectivity index (χ1) is 12.2. The zero-order valence-corrected chi connectivity index (χ0v) is 17.1. The summed E-state index contributed by atoms with van der Waals surface area (Å²) >= 11 is 1.89. The summed E-state index contributed by atoms with van der Waals surface area (Å²) < 4.78 is 6.09. The third-order valence-corrected chi connectivity index (χ3v) is 5.24. The predicted molar refractivity (Wildman–Crippen MR) is 111 cm³/mol. The number of likely N-dealkylation sites (N-methyl/N-ethyl adjacent to an activating group) is 1. The van der Waals surface area contributed by atoms with Gasteiger partial charge in [-0.3, -0.25) is 0 Å². The van der Waals surface area contributed by atoms with Gasteiger partial charge in [0, 0.05) is 22.5 Å². The standard InChI is InChI=1S/C19H24N2OS.C2H6/c1-5-13-14-12-23-17-9-7-8-16(22-11-10-21(3)4)18(17)19(14)20-15(13)6-2;1-2/h5-9,20H,10-12H2,1-4H3;1-2H3/b13-5-,15-6+;. The van der Waals surface area contributed by atoms with Crippen molar-refractivity contribution in [3.8, 4) is 17.0 Å². The van der Waals surface area contributed by atoms with Crippen LogP contribution in [0.15, 0.2) is 23.1 Å². The zero-order chi connectivity index (χ0) is 18.4. The Morgan fingerprint density at radius 2 is 1.96 bits per heavy atom. The average Bonchev–Trinajstić information content (AvgIpc) is 3.01. The van der Waals surface area contributed by atoms with E-state index in [1.54, 1.807) is 0 Å². The van der Waals surface area contributed by atoms with Crippen LogP contribution in [0.25, 0.3) is 23.4 Å². The second kappa shape index (κ2) is 9.16. The molecule has 1 N–H and O–H groups in total. The number of aromatic amines is 1. The van der Waals surface area contributed by atoms with Gasteiger partial charge in [0.25, 0.3) is 0 Å². The number of hydrogen-bond donors (Lipinski definition) is 1. The Labute approximate surface area is 155 Å². The molecule has 3 nitrogen and oxygen atoms in total. The predicted octanol–water partition coefficient (Wildman–Crippen LogP) is 3.85. The Kier molecular flexibility index (Phi) is 7.21. The van der Waals surface area contributed by atoms with Gasteiger partial charge < -0.3 is 14.6 Å². The molecule has 2 heterocycles. The second-order valence-corrected chi connectivity index (χ2v) is 6.97. The van der Waals surface area contributed by atoms with E-state index in [0.29, 0.717) is 6.61 Å². The van der Waals surface area contributed by atoms with Crippen LogP contribution in [0.2, 0.25) is 0 Å². The lowest BCUT2D eigenvalue weighted by Crippen LogP contribution is -2.24. The van der Waals surface area contributed by atoms with Crippen molar-refractivity contribution < 1.29 is 4.74 Å². The van der Waals surface area contributed by atoms with E-state index in [9.17, 15) is 0 Å². The fourth-order valence-corrected chi connectivity index (χ4v) is 4.10. The van der Waals surface area contributed by atoms with Gasteiger partial charge in [-0.25, -0.2) is 0 Å². The van der Waals surface area contributed by atoms with Crippen LogP contribution in [-0.2, 0) is 5.75 Å². The topological polar surface area (TPSA) is 28.3 Å². The number of aromatic nitrogens is 1. The molecule has 0 spiro atoms. The van der Waals surface area contributed by atoms with Crippen molar-refractivity contribution in [3.63, 3.8) is 0 Å². The fraction of sp³-hybridized carbons (Fsp3) is 0.429. The summed E-state index contributed by atoms with van der Waals surface area (Å²) in [5.74, 6) is 1.98. The van der Waals surface area contributed by atoms with Crippen LogP contribution in [0.5, 0.6) is 5.75 Å². The molecule has 0 unspecified atom stereocenters. The van der Waals surface area contributed by atoms with Gasteiger partial charge >= 0.3 is 0 Å². The molecule has 25 heavy (non-hydrogen) atoms. The number of rotatable bonds is 4. The number of fused-ring (bicyclic) bond motifs is 3. The van der Waals surface area contributed by atoms with Crippen LogP contribution in [0.1, 0.15) is 33.3 Å². The summed E-state index contributed by atoms with van der Waals surface area (Å²) in [7, 11) is 4.13. The zero-order valence-electron chi connectivity index (χ0n) is 16.3. The molecule has 0 radical (unpaired) electrons. The average molecular weight is 359 g/mol. The molecule has 1 aliphatic heterocycles. The summed E-state index contributed by atoms with van der Waals surface area (Å²) in [6.07, 6.45) is 4.35. The summed E-state index contributed by atoms with van der Waals surface area (Å²) in [6, 6.07) is 6.35. The molecular formula is C21H30N2OS. The van der Waals surface area contributed by atoms with E-state index >= 15 is 0 Å². The number of ether oxygens (including phenoxy) is 1. The highest BCUT2D eigenvalue weighted by atomic mass is 32.2. The van der Waals surface area contributed by atoms with Gasteiger partial charge in [-0.15, -0.1) is 11.8 Å². The van der Waals surface area contributed by atoms with Crippen molar-refractivity contribution >= 4 is 23.9 Å². The van der Waals surface area contributed by atoms with Crippen molar-refractivity contribution in [2.75, 3.05) is 27.2 Å². The molecular weight excluding hydrogens is 328 g/mol. The Bertz CT molecular complexity index is 821. The van der Waals surface area contributed by atoms with Gasteiger partial charge in [0.1, 0.15) is 12.4 Å². The summed E-state index contributed by atoms with van der Waals surface area (Å²) in [6.45, 7) is 9.80. The molecule has 136 valence electrons. The number of benzene rings is 1. The minimum absolute atomic E-state index is 0.698. The largest absolute Gasteiger partial charge is 0.492 e. The molecule has 0 saturated carbocycles. The fourth-order valence-electron chi connectivity index (χ4n) is 2.98. The van der Waals surface area contributed by atoms with Crippen molar-refractivity contribution in [1.82, 2.24) is 9.88 Å². The van der Waals surface area contributed by atoms with Gasteiger partial charge in [0.2, 0.25) is 0 Å². The maximum absolute atomic E-state index is 6.09. The Balaban J connectivity index is 0.00000109. The lowest BCUT2D eigenvalue weighted by molar-refractivity contribution is 0.262. The Morgan fingerprint density at radius 1 is 1.20 bits per heavy atom. The Morgan fingerprint density at radius 3 is 2.60 bits per heavy atom. The van der Waals surface area contributed by atoms with E-state index in [4.69, 9.17) is 4.74 Å². The number of hydrogen-bond acceptors (Lipinski definition) is 3. The van der Waals surface area contributed by atoms with Gasteiger partial charge in [-0.1, -0.05) is 32.1 Å². The highest BCUT2D eigenvalue weighted by Crippen LogP contribution is 2.44. The van der Waals surface area contributed by atoms with E-state index in [-0.39, 0.29) is 0 Å². The van der Waals surface area contributed by atoms with Crippen LogP contribution in [0, 0.1) is 0 Å². The Hall–Kier alpha value is -1.65. The maximum atomic E-state index is 6.09. The quantitative estimate of drug-likeness (QED) is 0.900. The van der Waals surface area contributed by atoms with E-state index in [2.05, 4.69) is 68.2 Å². The molecule has 0 fully saturated rings. The van der Waals surface area contributed by atoms with E-state index in [0.717, 1.165) is 18.0 Å². The van der Waals surface area contributed by atoms with Gasteiger partial charge in [0.05, 0.1) is 11.3 Å². The van der Waals surface area contributed by atoms with Crippen molar-refractivity contribution in [3.05, 3.63) is 34.3 Å². The third kappa shape index (κ3) is 4.13. The van der Waals surface area contributed by atoms with E-state index in [1.807, 2.05) is 25.6 Å². The van der Waals surface area contributed by atoms with E-state index < -0.39 is 0 Å². The molecule has 1 aromatic heterocycles. The molecule has 0 bridgehead atoms. The minimum Gasteiger partial charge on any atom is -0.492 e. The first-order valence-electron chi connectivity index (χ1n) is 9.03. The van der Waals surface area contributed by atoms with Crippen LogP contribution < -0.4 is 15.3 Å².